The standard InChI is InChI=1S/C24H34N6O2/c1-3-25-24(27-14-6-13-26-23(32)19-8-5-9-21(31)17-19)29-20-11-15-30(16-12-20)22-10-4-7-18(2)28-22/h4-5,7-10,17,20,31H,3,6,11-16H2,1-2H3,(H,26,32)(H2,25,27,29). The number of phenols is 1. The van der Waals surface area contributed by atoms with E-state index in [1.807, 2.05) is 13.0 Å². The number of hydrogen-bond acceptors (Lipinski definition) is 5. The van der Waals surface area contributed by atoms with Crippen molar-refractivity contribution < 1.29 is 9.90 Å². The van der Waals surface area contributed by atoms with Crippen LogP contribution in [0.1, 0.15) is 42.2 Å². The molecule has 172 valence electrons. The predicted molar refractivity (Wildman–Crippen MR) is 128 cm³/mol. The molecule has 1 aromatic carbocycles. The first kappa shape index (κ1) is 23.4. The van der Waals surface area contributed by atoms with E-state index in [-0.39, 0.29) is 11.7 Å². The Morgan fingerprint density at radius 3 is 2.69 bits per heavy atom. The van der Waals surface area contributed by atoms with Gasteiger partial charge in [0.05, 0.1) is 0 Å². The van der Waals surface area contributed by atoms with E-state index in [0.29, 0.717) is 24.7 Å². The molecule has 8 heteroatoms. The maximum absolute atomic E-state index is 12.1. The molecule has 0 bridgehead atoms. The average molecular weight is 439 g/mol. The number of aryl methyl sites for hydroxylation is 1. The topological polar surface area (TPSA) is 102 Å². The monoisotopic (exact) mass is 438 g/mol. The summed E-state index contributed by atoms with van der Waals surface area (Å²) in [6.07, 6.45) is 2.79. The molecule has 3 rings (SSSR count). The van der Waals surface area contributed by atoms with Crippen LogP contribution >= 0.6 is 0 Å². The van der Waals surface area contributed by atoms with Crippen LogP contribution in [0.5, 0.6) is 5.75 Å². The Labute approximate surface area is 190 Å². The summed E-state index contributed by atoms with van der Waals surface area (Å²) in [7, 11) is 0. The van der Waals surface area contributed by atoms with Crippen LogP contribution in [-0.4, -0.2) is 60.7 Å². The van der Waals surface area contributed by atoms with Gasteiger partial charge in [-0.05, 0) is 63.4 Å². The molecule has 1 saturated heterocycles. The van der Waals surface area contributed by atoms with Gasteiger partial charge in [0, 0.05) is 50.0 Å². The molecule has 1 amide bonds. The Morgan fingerprint density at radius 2 is 1.97 bits per heavy atom. The minimum atomic E-state index is -0.190. The summed E-state index contributed by atoms with van der Waals surface area (Å²) in [6.45, 7) is 7.95. The number of carbonyl (C=O) groups is 1. The highest BCUT2D eigenvalue weighted by Gasteiger charge is 2.21. The number of benzene rings is 1. The van der Waals surface area contributed by atoms with Crippen molar-refractivity contribution >= 4 is 17.7 Å². The maximum atomic E-state index is 12.1. The molecule has 32 heavy (non-hydrogen) atoms. The van der Waals surface area contributed by atoms with E-state index in [1.165, 1.54) is 6.07 Å². The van der Waals surface area contributed by atoms with Gasteiger partial charge in [0.15, 0.2) is 5.96 Å². The van der Waals surface area contributed by atoms with Gasteiger partial charge >= 0.3 is 0 Å². The van der Waals surface area contributed by atoms with Crippen molar-refractivity contribution in [2.24, 2.45) is 4.99 Å². The fraction of sp³-hybridized carbons (Fsp3) is 0.458. The molecule has 0 radical (unpaired) electrons. The smallest absolute Gasteiger partial charge is 0.251 e. The van der Waals surface area contributed by atoms with Crippen LogP contribution in [0.15, 0.2) is 47.5 Å². The number of aromatic hydroxyl groups is 1. The highest BCUT2D eigenvalue weighted by atomic mass is 16.3. The molecule has 2 aromatic rings. The van der Waals surface area contributed by atoms with Crippen molar-refractivity contribution in [3.05, 3.63) is 53.7 Å². The molecular weight excluding hydrogens is 404 g/mol. The van der Waals surface area contributed by atoms with E-state index in [0.717, 1.165) is 56.4 Å². The van der Waals surface area contributed by atoms with Gasteiger partial charge in [0.1, 0.15) is 11.6 Å². The lowest BCUT2D eigenvalue weighted by Gasteiger charge is -2.34. The lowest BCUT2D eigenvalue weighted by atomic mass is 10.1. The third-order valence-electron chi connectivity index (χ3n) is 5.38. The van der Waals surface area contributed by atoms with E-state index < -0.39 is 0 Å². The summed E-state index contributed by atoms with van der Waals surface area (Å²) < 4.78 is 0. The average Bonchev–Trinajstić information content (AvgIpc) is 2.79. The molecule has 0 spiro atoms. The van der Waals surface area contributed by atoms with Crippen molar-refractivity contribution in [1.82, 2.24) is 20.9 Å². The molecule has 0 atom stereocenters. The van der Waals surface area contributed by atoms with E-state index in [4.69, 9.17) is 0 Å². The number of phenolic OH excluding ortho intramolecular Hbond substituents is 1. The summed E-state index contributed by atoms with van der Waals surface area (Å²) >= 11 is 0. The molecule has 1 aliphatic rings. The number of carbonyl (C=O) groups excluding carboxylic acids is 1. The van der Waals surface area contributed by atoms with Gasteiger partial charge in [-0.1, -0.05) is 12.1 Å². The third-order valence-corrected chi connectivity index (χ3v) is 5.38. The largest absolute Gasteiger partial charge is 0.508 e. The Morgan fingerprint density at radius 1 is 1.19 bits per heavy atom. The normalized spacial score (nSPS) is 14.8. The third kappa shape index (κ3) is 7.14. The molecule has 4 N–H and O–H groups in total. The van der Waals surface area contributed by atoms with Gasteiger partial charge in [-0.2, -0.15) is 0 Å². The van der Waals surface area contributed by atoms with Gasteiger partial charge in [-0.25, -0.2) is 4.98 Å². The summed E-state index contributed by atoms with van der Waals surface area (Å²) in [5.41, 5.74) is 1.50. The molecule has 0 unspecified atom stereocenters. The molecular formula is C24H34N6O2. The Hall–Kier alpha value is -3.29. The fourth-order valence-electron chi connectivity index (χ4n) is 3.69. The fourth-order valence-corrected chi connectivity index (χ4v) is 3.69. The van der Waals surface area contributed by atoms with Crippen molar-refractivity contribution in [2.75, 3.05) is 37.6 Å². The minimum Gasteiger partial charge on any atom is -0.508 e. The van der Waals surface area contributed by atoms with Gasteiger partial charge in [-0.15, -0.1) is 0 Å². The number of aromatic nitrogens is 1. The number of pyridine rings is 1. The van der Waals surface area contributed by atoms with Crippen LogP contribution in [0, 0.1) is 6.92 Å². The zero-order chi connectivity index (χ0) is 22.8. The highest BCUT2D eigenvalue weighted by Crippen LogP contribution is 2.18. The zero-order valence-corrected chi connectivity index (χ0v) is 19.0. The molecule has 0 aliphatic carbocycles. The maximum Gasteiger partial charge on any atom is 0.251 e. The Balaban J connectivity index is 1.40. The summed E-state index contributed by atoms with van der Waals surface area (Å²) in [6, 6.07) is 12.9. The number of aliphatic imine (C=N–C) groups is 1. The van der Waals surface area contributed by atoms with E-state index >= 15 is 0 Å². The van der Waals surface area contributed by atoms with E-state index in [9.17, 15) is 9.90 Å². The molecule has 1 aliphatic heterocycles. The van der Waals surface area contributed by atoms with Crippen LogP contribution in [0.2, 0.25) is 0 Å². The minimum absolute atomic E-state index is 0.0876. The SMILES string of the molecule is CCNC(=NCCCNC(=O)c1cccc(O)c1)NC1CCN(c2cccc(C)n2)CC1. The summed E-state index contributed by atoms with van der Waals surface area (Å²) in [4.78, 5) is 23.7. The highest BCUT2D eigenvalue weighted by molar-refractivity contribution is 5.94. The van der Waals surface area contributed by atoms with Crippen LogP contribution in [0.25, 0.3) is 0 Å². The number of nitrogens with one attached hydrogen (secondary N) is 3. The van der Waals surface area contributed by atoms with E-state index in [2.05, 4.69) is 49.9 Å². The number of piperidine rings is 1. The van der Waals surface area contributed by atoms with Gasteiger partial charge in [0.25, 0.3) is 5.91 Å². The lowest BCUT2D eigenvalue weighted by molar-refractivity contribution is 0.0953. The van der Waals surface area contributed by atoms with Crippen molar-refractivity contribution in [2.45, 2.75) is 39.2 Å². The van der Waals surface area contributed by atoms with Crippen LogP contribution in [0.3, 0.4) is 0 Å². The van der Waals surface area contributed by atoms with E-state index in [1.54, 1.807) is 18.2 Å². The van der Waals surface area contributed by atoms with Gasteiger partial charge in [-0.3, -0.25) is 9.79 Å². The first-order valence-corrected chi connectivity index (χ1v) is 11.4. The molecule has 8 nitrogen and oxygen atoms in total. The number of anilines is 1. The first-order chi connectivity index (χ1) is 15.5. The van der Waals surface area contributed by atoms with Gasteiger partial charge < -0.3 is 26.0 Å². The molecule has 1 fully saturated rings. The molecule has 2 heterocycles. The summed E-state index contributed by atoms with van der Waals surface area (Å²) in [5, 5.41) is 19.2. The Bertz CT molecular complexity index is 909. The van der Waals surface area contributed by atoms with Crippen LogP contribution in [0.4, 0.5) is 5.82 Å². The second-order valence-corrected chi connectivity index (χ2v) is 7.96. The molecule has 1 aromatic heterocycles. The van der Waals surface area contributed by atoms with Crippen LogP contribution in [-0.2, 0) is 0 Å². The Kier molecular flexibility index (Phi) is 8.71. The quantitative estimate of drug-likeness (QED) is 0.287. The predicted octanol–water partition coefficient (Wildman–Crippen LogP) is 2.44. The second-order valence-electron chi connectivity index (χ2n) is 7.96. The second kappa shape index (κ2) is 11.9. The van der Waals surface area contributed by atoms with Crippen molar-refractivity contribution in [3.63, 3.8) is 0 Å². The van der Waals surface area contributed by atoms with Crippen molar-refractivity contribution in [1.29, 1.82) is 0 Å². The number of hydrogen-bond donors (Lipinski definition) is 4. The first-order valence-electron chi connectivity index (χ1n) is 11.4. The molecule has 0 saturated carbocycles. The zero-order valence-electron chi connectivity index (χ0n) is 19.0. The van der Waals surface area contributed by atoms with Crippen LogP contribution < -0.4 is 20.9 Å². The lowest BCUT2D eigenvalue weighted by Crippen LogP contribution is -2.49. The number of amides is 1. The number of nitrogens with zero attached hydrogens (tertiary/aromatic N) is 3. The van der Waals surface area contributed by atoms with Gasteiger partial charge in [0.2, 0.25) is 0 Å². The van der Waals surface area contributed by atoms with Crippen molar-refractivity contribution in [3.8, 4) is 5.75 Å². The summed E-state index contributed by atoms with van der Waals surface area (Å²) in [5.74, 6) is 1.77. The number of rotatable bonds is 8. The number of guanidine groups is 1.